The van der Waals surface area contributed by atoms with E-state index in [9.17, 15) is 39.5 Å². The van der Waals surface area contributed by atoms with E-state index in [0.29, 0.717) is 0 Å². The van der Waals surface area contributed by atoms with Crippen molar-refractivity contribution in [1.29, 1.82) is 0 Å². The Morgan fingerprint density at radius 2 is 1.50 bits per heavy atom. The summed E-state index contributed by atoms with van der Waals surface area (Å²) in [4.78, 5) is 8.90. The summed E-state index contributed by atoms with van der Waals surface area (Å²) in [6.07, 6.45) is -11.2. The zero-order valence-electron chi connectivity index (χ0n) is 20.1. The van der Waals surface area contributed by atoms with Gasteiger partial charge in [-0.3, -0.25) is 0 Å². The first-order valence-electron chi connectivity index (χ1n) is 11.4. The lowest BCUT2D eigenvalue weighted by atomic mass is 9.68. The van der Waals surface area contributed by atoms with E-state index in [1.54, 1.807) is 0 Å². The summed E-state index contributed by atoms with van der Waals surface area (Å²) in [5, 5.41) is 10.4. The molecule has 2 unspecified atom stereocenters. The van der Waals surface area contributed by atoms with Crippen LogP contribution in [-0.2, 0) is 33.9 Å². The van der Waals surface area contributed by atoms with Gasteiger partial charge in [-0.15, -0.1) is 0 Å². The van der Waals surface area contributed by atoms with E-state index in [0.717, 1.165) is 43.4 Å². The summed E-state index contributed by atoms with van der Waals surface area (Å²) in [5.41, 5.74) is -2.08. The minimum Gasteiger partial charge on any atom is -0.475 e. The summed E-state index contributed by atoms with van der Waals surface area (Å²) in [6, 6.07) is 11.6. The van der Waals surface area contributed by atoms with Crippen LogP contribution in [0.5, 0.6) is 0 Å². The van der Waals surface area contributed by atoms with Gasteiger partial charge in [0.15, 0.2) is 0 Å². The van der Waals surface area contributed by atoms with Crippen LogP contribution >= 0.6 is 0 Å². The van der Waals surface area contributed by atoms with Crippen molar-refractivity contribution in [2.75, 3.05) is 13.7 Å². The number of rotatable bonds is 6. The molecule has 13 heteroatoms. The topological polar surface area (TPSA) is 58.6 Å². The van der Waals surface area contributed by atoms with Gasteiger partial charge in [-0.25, -0.2) is 4.79 Å². The van der Waals surface area contributed by atoms with Crippen molar-refractivity contribution in [3.05, 3.63) is 70.8 Å². The molecule has 0 bridgehead atoms. The van der Waals surface area contributed by atoms with Gasteiger partial charge in [0.25, 0.3) is 0 Å². The van der Waals surface area contributed by atoms with Gasteiger partial charge in [0.05, 0.1) is 24.3 Å². The van der Waals surface area contributed by atoms with Crippen LogP contribution in [0.15, 0.2) is 48.5 Å². The molecule has 0 amide bonds. The van der Waals surface area contributed by atoms with Gasteiger partial charge in [-0.2, -0.15) is 39.5 Å². The summed E-state index contributed by atoms with van der Waals surface area (Å²) in [5.74, 6) is -2.76. The highest BCUT2D eigenvalue weighted by Crippen LogP contribution is 2.41. The molecule has 1 aliphatic rings. The molecule has 1 fully saturated rings. The Balaban J connectivity index is 0.000000638. The minimum absolute atomic E-state index is 0.133. The van der Waals surface area contributed by atoms with Crippen molar-refractivity contribution in [3.8, 4) is 0 Å². The average Bonchev–Trinajstić information content (AvgIpc) is 2.83. The minimum atomic E-state index is -5.08. The van der Waals surface area contributed by atoms with Crippen molar-refractivity contribution >= 4 is 5.97 Å². The van der Waals surface area contributed by atoms with Gasteiger partial charge in [-0.1, -0.05) is 36.8 Å². The molecule has 0 heterocycles. The van der Waals surface area contributed by atoms with Crippen LogP contribution in [0.4, 0.5) is 39.5 Å². The van der Waals surface area contributed by atoms with Crippen LogP contribution < -0.4 is 5.32 Å². The number of aliphatic carboxylic acids is 1. The number of benzene rings is 2. The third kappa shape index (κ3) is 8.90. The second-order valence-corrected chi connectivity index (χ2v) is 8.94. The Morgan fingerprint density at radius 3 is 1.95 bits per heavy atom. The molecule has 3 rings (SSSR count). The van der Waals surface area contributed by atoms with Crippen molar-refractivity contribution in [1.82, 2.24) is 5.32 Å². The standard InChI is InChI=1S/C23H25F6NO.C2HF3O2/c1-30-20-8-5-9-21(13-20,17-6-3-2-4-7-17)15-31-14-16-10-18(22(24,25)26)12-19(11-16)23(27,28)29;3-2(4,5)1(6)7/h2-4,6-7,10-12,20,30H,5,8-9,13-15H2,1H3;(H,6,7). The molecule has 2 atom stereocenters. The predicted octanol–water partition coefficient (Wildman–Crippen LogP) is 6.97. The Bertz CT molecular complexity index is 1020. The molecule has 4 nitrogen and oxygen atoms in total. The molecule has 212 valence electrons. The fourth-order valence-corrected chi connectivity index (χ4v) is 4.34. The first-order valence-corrected chi connectivity index (χ1v) is 11.4. The Kier molecular flexibility index (Phi) is 10.2. The molecule has 0 aromatic heterocycles. The Hall–Kier alpha value is -2.80. The Labute approximate surface area is 212 Å². The van der Waals surface area contributed by atoms with Crippen LogP contribution in [0.25, 0.3) is 0 Å². The number of carbonyl (C=O) groups is 1. The summed E-state index contributed by atoms with van der Waals surface area (Å²) >= 11 is 0. The van der Waals surface area contributed by atoms with Crippen LogP contribution in [0.2, 0.25) is 0 Å². The van der Waals surface area contributed by atoms with Crippen LogP contribution in [0, 0.1) is 0 Å². The van der Waals surface area contributed by atoms with Gasteiger partial charge in [0.2, 0.25) is 0 Å². The second kappa shape index (κ2) is 12.4. The molecular formula is C25H26F9NO3. The first-order chi connectivity index (χ1) is 17.5. The van der Waals surface area contributed by atoms with Crippen molar-refractivity contribution in [3.63, 3.8) is 0 Å². The van der Waals surface area contributed by atoms with E-state index in [-0.39, 0.29) is 36.3 Å². The zero-order chi connectivity index (χ0) is 28.8. The molecule has 1 saturated carbocycles. The molecule has 0 saturated heterocycles. The molecule has 1 aliphatic carbocycles. The fraction of sp³-hybridized carbons (Fsp3) is 0.480. The summed E-state index contributed by atoms with van der Waals surface area (Å²) in [6.45, 7) is -0.113. The number of hydrogen-bond donors (Lipinski definition) is 2. The summed E-state index contributed by atoms with van der Waals surface area (Å²) in [7, 11) is 1.88. The molecule has 0 spiro atoms. The molecule has 2 aromatic carbocycles. The van der Waals surface area contributed by atoms with Crippen molar-refractivity contribution < 1.29 is 54.2 Å². The second-order valence-electron chi connectivity index (χ2n) is 8.94. The lowest BCUT2D eigenvalue weighted by Crippen LogP contribution is -2.43. The van der Waals surface area contributed by atoms with Crippen LogP contribution in [0.1, 0.15) is 47.9 Å². The van der Waals surface area contributed by atoms with Crippen LogP contribution in [-0.4, -0.2) is 36.9 Å². The highest BCUT2D eigenvalue weighted by atomic mass is 19.4. The monoisotopic (exact) mass is 559 g/mol. The number of halogens is 9. The van der Waals surface area contributed by atoms with Crippen molar-refractivity contribution in [2.45, 2.75) is 62.3 Å². The maximum absolute atomic E-state index is 13.1. The Morgan fingerprint density at radius 1 is 0.974 bits per heavy atom. The van der Waals surface area contributed by atoms with E-state index >= 15 is 0 Å². The summed E-state index contributed by atoms with van der Waals surface area (Å²) < 4.78 is 116. The number of hydrogen-bond acceptors (Lipinski definition) is 3. The smallest absolute Gasteiger partial charge is 0.475 e. The molecule has 2 aromatic rings. The number of ether oxygens (including phenoxy) is 1. The third-order valence-corrected chi connectivity index (χ3v) is 6.18. The quantitative estimate of drug-likeness (QED) is 0.376. The van der Waals surface area contributed by atoms with E-state index in [1.807, 2.05) is 37.4 Å². The van der Waals surface area contributed by atoms with Gasteiger partial charge < -0.3 is 15.2 Å². The normalized spacial score (nSPS) is 20.4. The maximum atomic E-state index is 13.1. The average molecular weight is 559 g/mol. The lowest BCUT2D eigenvalue weighted by Gasteiger charge is -2.41. The van der Waals surface area contributed by atoms with Crippen molar-refractivity contribution in [2.24, 2.45) is 0 Å². The van der Waals surface area contributed by atoms with E-state index in [1.165, 1.54) is 0 Å². The number of alkyl halides is 9. The highest BCUT2D eigenvalue weighted by molar-refractivity contribution is 5.73. The largest absolute Gasteiger partial charge is 0.490 e. The highest BCUT2D eigenvalue weighted by Gasteiger charge is 2.40. The number of carboxylic acids is 1. The van der Waals surface area contributed by atoms with E-state index in [4.69, 9.17) is 14.6 Å². The molecule has 38 heavy (non-hydrogen) atoms. The third-order valence-electron chi connectivity index (χ3n) is 6.18. The van der Waals surface area contributed by atoms with E-state index in [2.05, 4.69) is 5.32 Å². The number of carboxylic acid groups (broad SMARTS) is 1. The lowest BCUT2D eigenvalue weighted by molar-refractivity contribution is -0.192. The first kappa shape index (κ1) is 31.4. The maximum Gasteiger partial charge on any atom is 0.490 e. The van der Waals surface area contributed by atoms with Gasteiger partial charge in [0, 0.05) is 11.5 Å². The predicted molar refractivity (Wildman–Crippen MR) is 119 cm³/mol. The molecule has 0 aliphatic heterocycles. The molecular weight excluding hydrogens is 533 g/mol. The van der Waals surface area contributed by atoms with Gasteiger partial charge in [-0.05, 0) is 55.6 Å². The van der Waals surface area contributed by atoms with Gasteiger partial charge >= 0.3 is 24.5 Å². The molecule has 0 radical (unpaired) electrons. The van der Waals surface area contributed by atoms with Crippen LogP contribution in [0.3, 0.4) is 0 Å². The molecule has 2 N–H and O–H groups in total. The zero-order valence-corrected chi connectivity index (χ0v) is 20.1. The number of nitrogens with one attached hydrogen (secondary N) is 1. The van der Waals surface area contributed by atoms with Gasteiger partial charge in [0.1, 0.15) is 0 Å². The SMILES string of the molecule is CNC1CCCC(COCc2cc(C(F)(F)F)cc(C(F)(F)F)c2)(c2ccccc2)C1.O=C(O)C(F)(F)F. The van der Waals surface area contributed by atoms with E-state index < -0.39 is 35.6 Å². The fourth-order valence-electron chi connectivity index (χ4n) is 4.34.